The number of rotatable bonds is 1. The Hall–Kier alpha value is -1.42. The molecule has 3 nitrogen and oxygen atoms in total. The molecule has 0 aliphatic carbocycles. The minimum atomic E-state index is 0.170. The Morgan fingerprint density at radius 1 is 1.33 bits per heavy atom. The monoisotopic (exact) mass is 178 g/mol. The van der Waals surface area contributed by atoms with Gasteiger partial charge in [0.15, 0.2) is 0 Å². The van der Waals surface area contributed by atoms with Gasteiger partial charge in [0.25, 0.3) is 0 Å². The zero-order valence-electron chi connectivity index (χ0n) is 6.14. The van der Waals surface area contributed by atoms with Crippen molar-refractivity contribution in [1.29, 1.82) is 0 Å². The van der Waals surface area contributed by atoms with E-state index in [0.717, 1.165) is 5.69 Å². The van der Waals surface area contributed by atoms with E-state index < -0.39 is 0 Å². The van der Waals surface area contributed by atoms with Crippen molar-refractivity contribution >= 4 is 11.5 Å². The zero-order valence-corrected chi connectivity index (χ0v) is 6.95. The van der Waals surface area contributed by atoms with Crippen LogP contribution >= 0.6 is 11.5 Å². The Bertz CT molecular complexity index is 372. The molecule has 0 fully saturated rings. The standard InChI is InChI=1S/C8H6N2OS/c11-7-2-1-4-9-8(7)6-3-5-12-10-6/h1-5,11H. The third-order valence-corrected chi connectivity index (χ3v) is 2.03. The van der Waals surface area contributed by atoms with Crippen LogP contribution in [0.25, 0.3) is 11.4 Å². The molecular weight excluding hydrogens is 172 g/mol. The summed E-state index contributed by atoms with van der Waals surface area (Å²) in [6.45, 7) is 0. The molecule has 2 rings (SSSR count). The number of aromatic hydroxyl groups is 1. The first-order valence-corrected chi connectivity index (χ1v) is 4.26. The van der Waals surface area contributed by atoms with Gasteiger partial charge in [0.05, 0.1) is 0 Å². The van der Waals surface area contributed by atoms with Gasteiger partial charge in [0, 0.05) is 11.6 Å². The summed E-state index contributed by atoms with van der Waals surface area (Å²) in [5.74, 6) is 0.170. The molecule has 0 saturated carbocycles. The average Bonchev–Trinajstić information content (AvgIpc) is 2.57. The van der Waals surface area contributed by atoms with E-state index in [1.54, 1.807) is 18.3 Å². The molecule has 0 bridgehead atoms. The molecule has 0 saturated heterocycles. The van der Waals surface area contributed by atoms with Crippen LogP contribution in [-0.4, -0.2) is 14.5 Å². The second-order valence-electron chi connectivity index (χ2n) is 2.26. The van der Waals surface area contributed by atoms with E-state index in [4.69, 9.17) is 0 Å². The van der Waals surface area contributed by atoms with Gasteiger partial charge in [-0.05, 0) is 29.7 Å². The minimum absolute atomic E-state index is 0.170. The Morgan fingerprint density at radius 3 is 2.92 bits per heavy atom. The molecule has 0 aliphatic heterocycles. The predicted molar refractivity (Wildman–Crippen MR) is 47.0 cm³/mol. The van der Waals surface area contributed by atoms with Crippen molar-refractivity contribution in [1.82, 2.24) is 9.36 Å². The fraction of sp³-hybridized carbons (Fsp3) is 0. The molecule has 0 spiro atoms. The molecule has 0 aliphatic rings. The zero-order chi connectivity index (χ0) is 8.39. The molecule has 60 valence electrons. The summed E-state index contributed by atoms with van der Waals surface area (Å²) in [4.78, 5) is 4.01. The minimum Gasteiger partial charge on any atom is -0.506 e. The number of pyridine rings is 1. The SMILES string of the molecule is Oc1cccnc1-c1ccsn1. The lowest BCUT2D eigenvalue weighted by atomic mass is 10.2. The van der Waals surface area contributed by atoms with Crippen LogP contribution in [0.5, 0.6) is 5.75 Å². The summed E-state index contributed by atoms with van der Waals surface area (Å²) >= 11 is 1.34. The first kappa shape index (κ1) is 7.24. The highest BCUT2D eigenvalue weighted by Gasteiger charge is 2.05. The van der Waals surface area contributed by atoms with Gasteiger partial charge in [-0.1, -0.05) is 0 Å². The van der Waals surface area contributed by atoms with Gasteiger partial charge in [-0.25, -0.2) is 0 Å². The third-order valence-electron chi connectivity index (χ3n) is 1.47. The van der Waals surface area contributed by atoms with Crippen molar-refractivity contribution in [2.45, 2.75) is 0 Å². The first-order valence-electron chi connectivity index (χ1n) is 3.42. The maximum Gasteiger partial charge on any atom is 0.143 e. The molecule has 4 heteroatoms. The van der Waals surface area contributed by atoms with Gasteiger partial charge >= 0.3 is 0 Å². The van der Waals surface area contributed by atoms with Crippen LogP contribution in [0.15, 0.2) is 29.8 Å². The average molecular weight is 178 g/mol. The molecule has 0 atom stereocenters. The topological polar surface area (TPSA) is 46.0 Å². The third kappa shape index (κ3) is 1.16. The second kappa shape index (κ2) is 2.91. The van der Waals surface area contributed by atoms with Crippen molar-refractivity contribution in [3.63, 3.8) is 0 Å². The largest absolute Gasteiger partial charge is 0.506 e. The Balaban J connectivity index is 2.55. The molecule has 0 unspecified atom stereocenters. The smallest absolute Gasteiger partial charge is 0.143 e. The summed E-state index contributed by atoms with van der Waals surface area (Å²) < 4.78 is 4.07. The lowest BCUT2D eigenvalue weighted by Crippen LogP contribution is -1.81. The molecule has 2 heterocycles. The molecule has 2 aromatic rings. The maximum atomic E-state index is 9.38. The number of hydrogen-bond acceptors (Lipinski definition) is 4. The van der Waals surface area contributed by atoms with E-state index in [1.165, 1.54) is 11.5 Å². The van der Waals surface area contributed by atoms with Crippen molar-refractivity contribution in [2.75, 3.05) is 0 Å². The summed E-state index contributed by atoms with van der Waals surface area (Å²) in [5.41, 5.74) is 1.26. The van der Waals surface area contributed by atoms with Crippen LogP contribution in [0.1, 0.15) is 0 Å². The highest BCUT2D eigenvalue weighted by atomic mass is 32.1. The predicted octanol–water partition coefficient (Wildman–Crippen LogP) is 1.91. The van der Waals surface area contributed by atoms with Gasteiger partial charge < -0.3 is 5.11 Å². The molecule has 1 N–H and O–H groups in total. The fourth-order valence-electron chi connectivity index (χ4n) is 0.929. The molecule has 12 heavy (non-hydrogen) atoms. The van der Waals surface area contributed by atoms with Crippen molar-refractivity contribution in [3.8, 4) is 17.1 Å². The summed E-state index contributed by atoms with van der Waals surface area (Å²) in [5, 5.41) is 11.2. The second-order valence-corrected chi connectivity index (χ2v) is 2.92. The van der Waals surface area contributed by atoms with Crippen LogP contribution < -0.4 is 0 Å². The normalized spacial score (nSPS) is 10.0. The molecule has 0 radical (unpaired) electrons. The van der Waals surface area contributed by atoms with Gasteiger partial charge in [-0.2, -0.15) is 4.37 Å². The van der Waals surface area contributed by atoms with E-state index in [0.29, 0.717) is 5.69 Å². The summed E-state index contributed by atoms with van der Waals surface area (Å²) in [6.07, 6.45) is 1.63. The van der Waals surface area contributed by atoms with E-state index in [9.17, 15) is 5.11 Å². The lowest BCUT2D eigenvalue weighted by Gasteiger charge is -1.96. The number of aromatic nitrogens is 2. The summed E-state index contributed by atoms with van der Waals surface area (Å²) in [6, 6.07) is 5.11. The molecule has 0 amide bonds. The van der Waals surface area contributed by atoms with E-state index >= 15 is 0 Å². The van der Waals surface area contributed by atoms with Gasteiger partial charge in [-0.15, -0.1) is 0 Å². The summed E-state index contributed by atoms with van der Waals surface area (Å²) in [7, 11) is 0. The molecule has 2 aromatic heterocycles. The van der Waals surface area contributed by atoms with E-state index in [-0.39, 0.29) is 5.75 Å². The maximum absolute atomic E-state index is 9.38. The lowest BCUT2D eigenvalue weighted by molar-refractivity contribution is 0.475. The van der Waals surface area contributed by atoms with Crippen LogP contribution in [0, 0.1) is 0 Å². The highest BCUT2D eigenvalue weighted by Crippen LogP contribution is 2.24. The number of hydrogen-bond donors (Lipinski definition) is 1. The van der Waals surface area contributed by atoms with E-state index in [2.05, 4.69) is 9.36 Å². The quantitative estimate of drug-likeness (QED) is 0.725. The van der Waals surface area contributed by atoms with Gasteiger partial charge in [0.1, 0.15) is 17.1 Å². The van der Waals surface area contributed by atoms with Crippen molar-refractivity contribution in [2.24, 2.45) is 0 Å². The Morgan fingerprint density at radius 2 is 2.25 bits per heavy atom. The van der Waals surface area contributed by atoms with Crippen molar-refractivity contribution < 1.29 is 5.11 Å². The highest BCUT2D eigenvalue weighted by molar-refractivity contribution is 7.03. The fourth-order valence-corrected chi connectivity index (χ4v) is 1.44. The van der Waals surface area contributed by atoms with Crippen LogP contribution in [0.4, 0.5) is 0 Å². The van der Waals surface area contributed by atoms with Crippen molar-refractivity contribution in [3.05, 3.63) is 29.8 Å². The molecule has 0 aromatic carbocycles. The van der Waals surface area contributed by atoms with Gasteiger partial charge in [0.2, 0.25) is 0 Å². The van der Waals surface area contributed by atoms with Crippen LogP contribution in [0.2, 0.25) is 0 Å². The van der Waals surface area contributed by atoms with Crippen LogP contribution in [-0.2, 0) is 0 Å². The first-order chi connectivity index (χ1) is 5.88. The van der Waals surface area contributed by atoms with E-state index in [1.807, 2.05) is 11.4 Å². The van der Waals surface area contributed by atoms with Gasteiger partial charge in [-0.3, -0.25) is 4.98 Å². The number of nitrogens with zero attached hydrogens (tertiary/aromatic N) is 2. The molecular formula is C8H6N2OS. The Kier molecular flexibility index (Phi) is 1.75. The van der Waals surface area contributed by atoms with Crippen LogP contribution in [0.3, 0.4) is 0 Å². The Labute approximate surface area is 73.5 Å².